The van der Waals surface area contributed by atoms with E-state index in [-0.39, 0.29) is 12.5 Å². The van der Waals surface area contributed by atoms with Gasteiger partial charge in [-0.15, -0.1) is 0 Å². The van der Waals surface area contributed by atoms with E-state index in [1.54, 1.807) is 17.7 Å². The number of rotatable bonds is 4. The quantitative estimate of drug-likeness (QED) is 0.407. The van der Waals surface area contributed by atoms with Gasteiger partial charge < -0.3 is 14.5 Å². The van der Waals surface area contributed by atoms with E-state index in [9.17, 15) is 4.79 Å². The molecule has 1 aromatic carbocycles. The summed E-state index contributed by atoms with van der Waals surface area (Å²) in [6.45, 7) is 2.26. The number of halogens is 1. The number of fused-ring (bicyclic) bond motifs is 1. The standard InChI is InChI=1S/C13H13BrN2O3/c1-2-19-13(17)8-16-7-9(6-15-18)11-5-10(14)3-4-12(11)16/h3-7,18H,2,8H2,1H3. The van der Waals surface area contributed by atoms with E-state index in [1.807, 2.05) is 18.2 Å². The topological polar surface area (TPSA) is 63.8 Å². The predicted molar refractivity (Wildman–Crippen MR) is 75.7 cm³/mol. The second kappa shape index (κ2) is 5.88. The maximum atomic E-state index is 11.6. The van der Waals surface area contributed by atoms with Gasteiger partial charge in [-0.1, -0.05) is 21.1 Å². The number of benzene rings is 1. The number of hydrogen-bond donors (Lipinski definition) is 1. The molecule has 2 rings (SSSR count). The minimum atomic E-state index is -0.296. The zero-order chi connectivity index (χ0) is 13.8. The largest absolute Gasteiger partial charge is 0.465 e. The first-order chi connectivity index (χ1) is 9.15. The van der Waals surface area contributed by atoms with Crippen LogP contribution < -0.4 is 0 Å². The van der Waals surface area contributed by atoms with E-state index in [0.29, 0.717) is 6.61 Å². The van der Waals surface area contributed by atoms with Gasteiger partial charge in [-0.2, -0.15) is 0 Å². The van der Waals surface area contributed by atoms with E-state index < -0.39 is 0 Å². The highest BCUT2D eigenvalue weighted by Gasteiger charge is 2.11. The van der Waals surface area contributed by atoms with Crippen molar-refractivity contribution in [2.24, 2.45) is 5.16 Å². The third kappa shape index (κ3) is 2.96. The Kier molecular flexibility index (Phi) is 4.21. The molecule has 0 bridgehead atoms. The first-order valence-corrected chi connectivity index (χ1v) is 6.56. The average Bonchev–Trinajstić information content (AvgIpc) is 2.68. The molecular weight excluding hydrogens is 312 g/mol. The van der Waals surface area contributed by atoms with Gasteiger partial charge in [0.2, 0.25) is 0 Å². The number of aromatic nitrogens is 1. The lowest BCUT2D eigenvalue weighted by Gasteiger charge is -2.04. The van der Waals surface area contributed by atoms with Crippen molar-refractivity contribution >= 4 is 39.0 Å². The number of hydrogen-bond acceptors (Lipinski definition) is 4. The number of esters is 1. The zero-order valence-electron chi connectivity index (χ0n) is 10.3. The summed E-state index contributed by atoms with van der Waals surface area (Å²) in [5.41, 5.74) is 1.62. The first kappa shape index (κ1) is 13.6. The maximum absolute atomic E-state index is 11.6. The molecule has 19 heavy (non-hydrogen) atoms. The Balaban J connectivity index is 2.47. The molecule has 2 aromatic rings. The average molecular weight is 325 g/mol. The maximum Gasteiger partial charge on any atom is 0.325 e. The van der Waals surface area contributed by atoms with Gasteiger partial charge in [-0.25, -0.2) is 0 Å². The zero-order valence-corrected chi connectivity index (χ0v) is 11.9. The van der Waals surface area contributed by atoms with E-state index in [2.05, 4.69) is 21.1 Å². The molecule has 1 heterocycles. The van der Waals surface area contributed by atoms with Crippen LogP contribution in [0.4, 0.5) is 0 Å². The van der Waals surface area contributed by atoms with Gasteiger partial charge in [0, 0.05) is 27.1 Å². The fourth-order valence-electron chi connectivity index (χ4n) is 1.94. The third-order valence-corrected chi connectivity index (χ3v) is 3.17. The molecule has 1 N–H and O–H groups in total. The van der Waals surface area contributed by atoms with Gasteiger partial charge in [-0.3, -0.25) is 4.79 Å². The molecule has 0 unspecified atom stereocenters. The molecule has 0 fully saturated rings. The molecule has 0 aliphatic heterocycles. The Morgan fingerprint density at radius 2 is 2.37 bits per heavy atom. The van der Waals surface area contributed by atoms with Crippen molar-refractivity contribution in [2.45, 2.75) is 13.5 Å². The lowest BCUT2D eigenvalue weighted by Crippen LogP contribution is -2.12. The van der Waals surface area contributed by atoms with Gasteiger partial charge in [0.1, 0.15) is 6.54 Å². The first-order valence-electron chi connectivity index (χ1n) is 5.77. The highest BCUT2D eigenvalue weighted by atomic mass is 79.9. The molecule has 0 radical (unpaired) electrons. The van der Waals surface area contributed by atoms with Crippen LogP contribution in [-0.2, 0) is 16.1 Å². The number of nitrogens with zero attached hydrogens (tertiary/aromatic N) is 2. The smallest absolute Gasteiger partial charge is 0.325 e. The molecule has 0 saturated carbocycles. The van der Waals surface area contributed by atoms with Crippen LogP contribution in [0.15, 0.2) is 34.0 Å². The molecule has 0 amide bonds. The second-order valence-electron chi connectivity index (χ2n) is 3.92. The Morgan fingerprint density at radius 3 is 3.05 bits per heavy atom. The van der Waals surface area contributed by atoms with E-state index >= 15 is 0 Å². The second-order valence-corrected chi connectivity index (χ2v) is 4.84. The molecule has 6 heteroatoms. The number of ether oxygens (including phenoxy) is 1. The molecule has 0 spiro atoms. The summed E-state index contributed by atoms with van der Waals surface area (Å²) >= 11 is 3.39. The summed E-state index contributed by atoms with van der Waals surface area (Å²) in [6, 6.07) is 5.70. The minimum Gasteiger partial charge on any atom is -0.465 e. The van der Waals surface area contributed by atoms with Gasteiger partial charge in [-0.05, 0) is 25.1 Å². The summed E-state index contributed by atoms with van der Waals surface area (Å²) in [7, 11) is 0. The molecule has 5 nitrogen and oxygen atoms in total. The van der Waals surface area contributed by atoms with Crippen LogP contribution in [0.5, 0.6) is 0 Å². The van der Waals surface area contributed by atoms with Crippen molar-refractivity contribution in [3.8, 4) is 0 Å². The van der Waals surface area contributed by atoms with Gasteiger partial charge in [0.25, 0.3) is 0 Å². The van der Waals surface area contributed by atoms with E-state index in [1.165, 1.54) is 6.21 Å². The molecule has 0 atom stereocenters. The molecule has 0 aliphatic rings. The van der Waals surface area contributed by atoms with Gasteiger partial charge in [0.15, 0.2) is 0 Å². The van der Waals surface area contributed by atoms with Gasteiger partial charge in [0.05, 0.1) is 12.8 Å². The SMILES string of the molecule is CCOC(=O)Cn1cc(C=NO)c2cc(Br)ccc21. The van der Waals surface area contributed by atoms with Crippen molar-refractivity contribution in [1.82, 2.24) is 4.57 Å². The van der Waals surface area contributed by atoms with Crippen LogP contribution in [0, 0.1) is 0 Å². The van der Waals surface area contributed by atoms with Crippen LogP contribution in [0.25, 0.3) is 10.9 Å². The Morgan fingerprint density at radius 1 is 1.58 bits per heavy atom. The predicted octanol–water partition coefficient (Wildman–Crippen LogP) is 2.78. The Bertz CT molecular complexity index is 634. The summed E-state index contributed by atoms with van der Waals surface area (Å²) in [4.78, 5) is 11.6. The number of oxime groups is 1. The summed E-state index contributed by atoms with van der Waals surface area (Å²) in [5.74, 6) is -0.296. The van der Waals surface area contributed by atoms with Crippen molar-refractivity contribution in [3.05, 3.63) is 34.4 Å². The van der Waals surface area contributed by atoms with Crippen molar-refractivity contribution < 1.29 is 14.7 Å². The van der Waals surface area contributed by atoms with E-state index in [0.717, 1.165) is 20.9 Å². The molecule has 100 valence electrons. The van der Waals surface area contributed by atoms with Crippen LogP contribution in [0.3, 0.4) is 0 Å². The summed E-state index contributed by atoms with van der Waals surface area (Å²) in [5, 5.41) is 12.6. The lowest BCUT2D eigenvalue weighted by atomic mass is 10.2. The minimum absolute atomic E-state index is 0.130. The Hall–Kier alpha value is -1.82. The summed E-state index contributed by atoms with van der Waals surface area (Å²) in [6.07, 6.45) is 3.10. The Labute approximate surface area is 118 Å². The van der Waals surface area contributed by atoms with Crippen molar-refractivity contribution in [2.75, 3.05) is 6.61 Å². The number of carbonyl (C=O) groups excluding carboxylic acids is 1. The molecular formula is C13H13BrN2O3. The van der Waals surface area contributed by atoms with E-state index in [4.69, 9.17) is 9.94 Å². The fourth-order valence-corrected chi connectivity index (χ4v) is 2.30. The van der Waals surface area contributed by atoms with Crippen LogP contribution in [0.1, 0.15) is 12.5 Å². The molecule has 0 saturated heterocycles. The normalized spacial score (nSPS) is 11.3. The van der Waals surface area contributed by atoms with Crippen molar-refractivity contribution in [1.29, 1.82) is 0 Å². The van der Waals surface area contributed by atoms with Crippen LogP contribution in [0.2, 0.25) is 0 Å². The molecule has 0 aliphatic carbocycles. The molecule has 1 aromatic heterocycles. The van der Waals surface area contributed by atoms with Crippen LogP contribution >= 0.6 is 15.9 Å². The highest BCUT2D eigenvalue weighted by Crippen LogP contribution is 2.24. The van der Waals surface area contributed by atoms with Crippen molar-refractivity contribution in [3.63, 3.8) is 0 Å². The van der Waals surface area contributed by atoms with Gasteiger partial charge >= 0.3 is 5.97 Å². The fraction of sp³-hybridized carbons (Fsp3) is 0.231. The summed E-state index contributed by atoms with van der Waals surface area (Å²) < 4.78 is 7.63. The lowest BCUT2D eigenvalue weighted by molar-refractivity contribution is -0.143. The monoisotopic (exact) mass is 324 g/mol. The highest BCUT2D eigenvalue weighted by molar-refractivity contribution is 9.10. The van der Waals surface area contributed by atoms with Crippen LogP contribution in [-0.4, -0.2) is 28.6 Å². The number of carbonyl (C=O) groups is 1. The third-order valence-electron chi connectivity index (χ3n) is 2.68.